The van der Waals surface area contributed by atoms with E-state index in [1.54, 1.807) is 30.3 Å². The predicted molar refractivity (Wildman–Crippen MR) is 80.1 cm³/mol. The molecule has 0 spiro atoms. The van der Waals surface area contributed by atoms with Crippen LogP contribution in [-0.4, -0.2) is 19.1 Å². The summed E-state index contributed by atoms with van der Waals surface area (Å²) < 4.78 is 18.7. The van der Waals surface area contributed by atoms with Gasteiger partial charge in [-0.2, -0.15) is 0 Å². The van der Waals surface area contributed by atoms with Gasteiger partial charge in [-0.15, -0.1) is 0 Å². The Hall–Kier alpha value is -2.56. The fourth-order valence-corrected chi connectivity index (χ4v) is 2.00. The number of carbonyl (C=O) groups excluding carboxylic acids is 1. The molecule has 0 aromatic heterocycles. The second-order valence-electron chi connectivity index (χ2n) is 4.55. The first-order valence-corrected chi connectivity index (χ1v) is 6.60. The smallest absolute Gasteiger partial charge is 0.249 e. The molecular formula is C16H17FN2O2. The van der Waals surface area contributed by atoms with Crippen molar-refractivity contribution in [2.75, 3.05) is 18.5 Å². The van der Waals surface area contributed by atoms with E-state index in [0.717, 1.165) is 11.3 Å². The maximum Gasteiger partial charge on any atom is 0.249 e. The van der Waals surface area contributed by atoms with Gasteiger partial charge in [-0.3, -0.25) is 4.79 Å². The van der Waals surface area contributed by atoms with Crippen LogP contribution in [0.3, 0.4) is 0 Å². The summed E-state index contributed by atoms with van der Waals surface area (Å²) in [5.74, 6) is -0.620. The highest BCUT2D eigenvalue weighted by Crippen LogP contribution is 2.19. The number of anilines is 1. The molecule has 0 bridgehead atoms. The van der Waals surface area contributed by atoms with E-state index in [9.17, 15) is 9.18 Å². The quantitative estimate of drug-likeness (QED) is 0.803. The molecule has 0 unspecified atom stereocenters. The maximum atomic E-state index is 13.3. The first-order valence-electron chi connectivity index (χ1n) is 6.60. The third-order valence-electron chi connectivity index (χ3n) is 3.11. The van der Waals surface area contributed by atoms with E-state index in [-0.39, 0.29) is 11.6 Å². The van der Waals surface area contributed by atoms with Crippen LogP contribution in [0.5, 0.6) is 5.75 Å². The second kappa shape index (κ2) is 6.74. The van der Waals surface area contributed by atoms with E-state index in [4.69, 9.17) is 10.5 Å². The summed E-state index contributed by atoms with van der Waals surface area (Å²) >= 11 is 0. The maximum absolute atomic E-state index is 13.3. The average molecular weight is 288 g/mol. The summed E-state index contributed by atoms with van der Waals surface area (Å²) in [5, 5.41) is 3.14. The molecule has 0 fully saturated rings. The van der Waals surface area contributed by atoms with Gasteiger partial charge in [-0.25, -0.2) is 4.39 Å². The summed E-state index contributed by atoms with van der Waals surface area (Å²) in [5.41, 5.74) is 7.38. The number of para-hydroxylation sites is 1. The molecular weight excluding hydrogens is 271 g/mol. The minimum atomic E-state index is -0.459. The minimum absolute atomic E-state index is 0.224. The molecule has 4 nitrogen and oxygen atoms in total. The van der Waals surface area contributed by atoms with Gasteiger partial charge in [0.15, 0.2) is 11.6 Å². The second-order valence-corrected chi connectivity index (χ2v) is 4.55. The van der Waals surface area contributed by atoms with Crippen LogP contribution in [0.25, 0.3) is 0 Å². The van der Waals surface area contributed by atoms with Crippen molar-refractivity contribution in [2.24, 2.45) is 5.73 Å². The Bertz CT molecular complexity index is 644. The Labute approximate surface area is 122 Å². The number of halogens is 1. The van der Waals surface area contributed by atoms with Gasteiger partial charge in [0.05, 0.1) is 0 Å². The average Bonchev–Trinajstić information content (AvgIpc) is 2.46. The summed E-state index contributed by atoms with van der Waals surface area (Å²) in [6, 6.07) is 11.5. The number of rotatable bonds is 6. The predicted octanol–water partition coefficient (Wildman–Crippen LogP) is 2.72. The lowest BCUT2D eigenvalue weighted by Gasteiger charge is -2.12. The first-order chi connectivity index (χ1) is 10.1. The summed E-state index contributed by atoms with van der Waals surface area (Å²) in [4.78, 5) is 11.3. The van der Waals surface area contributed by atoms with Crippen LogP contribution in [0.2, 0.25) is 0 Å². The number of primary amides is 1. The van der Waals surface area contributed by atoms with E-state index in [2.05, 4.69) is 5.32 Å². The number of benzene rings is 2. The van der Waals surface area contributed by atoms with Crippen molar-refractivity contribution < 1.29 is 13.9 Å². The zero-order chi connectivity index (χ0) is 15.2. The molecule has 21 heavy (non-hydrogen) atoms. The molecule has 0 saturated heterocycles. The number of carbonyl (C=O) groups is 1. The van der Waals surface area contributed by atoms with Crippen LogP contribution in [0.15, 0.2) is 42.5 Å². The first kappa shape index (κ1) is 14.8. The van der Waals surface area contributed by atoms with E-state index in [1.165, 1.54) is 6.07 Å². The molecule has 0 atom stereocenters. The van der Waals surface area contributed by atoms with E-state index < -0.39 is 5.91 Å². The van der Waals surface area contributed by atoms with Crippen LogP contribution >= 0.6 is 0 Å². The molecule has 0 aliphatic carbocycles. The minimum Gasteiger partial charge on any atom is -0.489 e. The van der Waals surface area contributed by atoms with Crippen LogP contribution in [-0.2, 0) is 0 Å². The van der Waals surface area contributed by atoms with Crippen LogP contribution in [0.1, 0.15) is 15.9 Å². The number of hydrogen-bond acceptors (Lipinski definition) is 3. The van der Waals surface area contributed by atoms with Gasteiger partial charge < -0.3 is 15.8 Å². The lowest BCUT2D eigenvalue weighted by Crippen LogP contribution is -2.16. The molecule has 0 radical (unpaired) electrons. The van der Waals surface area contributed by atoms with Crippen LogP contribution in [0.4, 0.5) is 10.1 Å². The van der Waals surface area contributed by atoms with E-state index >= 15 is 0 Å². The Morgan fingerprint density at radius 1 is 1.24 bits per heavy atom. The largest absolute Gasteiger partial charge is 0.489 e. The highest BCUT2D eigenvalue weighted by Gasteiger charge is 2.08. The molecule has 0 saturated carbocycles. The zero-order valence-electron chi connectivity index (χ0n) is 11.7. The zero-order valence-corrected chi connectivity index (χ0v) is 11.7. The molecule has 2 aromatic rings. The van der Waals surface area contributed by atoms with E-state index in [0.29, 0.717) is 18.7 Å². The summed E-state index contributed by atoms with van der Waals surface area (Å²) in [6.07, 6.45) is 0. The number of hydrogen-bond donors (Lipinski definition) is 2. The van der Waals surface area contributed by atoms with Crippen molar-refractivity contribution >= 4 is 11.6 Å². The molecule has 0 heterocycles. The monoisotopic (exact) mass is 288 g/mol. The standard InChI is InChI=1S/C16H17FN2O2/c1-11-12(16(18)20)5-4-7-14(11)19-9-10-21-15-8-3-2-6-13(15)17/h2-8,19H,9-10H2,1H3,(H2,18,20). The number of amides is 1. The SMILES string of the molecule is Cc1c(NCCOc2ccccc2F)cccc1C(N)=O. The molecule has 0 aliphatic rings. The van der Waals surface area contributed by atoms with Crippen molar-refractivity contribution in [3.05, 3.63) is 59.4 Å². The van der Waals surface area contributed by atoms with Crippen LogP contribution < -0.4 is 15.8 Å². The topological polar surface area (TPSA) is 64.3 Å². The van der Waals surface area contributed by atoms with Crippen molar-refractivity contribution in [1.82, 2.24) is 0 Å². The fourth-order valence-electron chi connectivity index (χ4n) is 2.00. The molecule has 2 rings (SSSR count). The molecule has 2 aromatic carbocycles. The molecule has 0 aliphatic heterocycles. The van der Waals surface area contributed by atoms with Gasteiger partial charge in [-0.05, 0) is 36.8 Å². The Kier molecular flexibility index (Phi) is 4.77. The van der Waals surface area contributed by atoms with Crippen molar-refractivity contribution in [3.63, 3.8) is 0 Å². The third-order valence-corrected chi connectivity index (χ3v) is 3.11. The van der Waals surface area contributed by atoms with Crippen molar-refractivity contribution in [1.29, 1.82) is 0 Å². The molecule has 3 N–H and O–H groups in total. The van der Waals surface area contributed by atoms with Gasteiger partial charge in [-0.1, -0.05) is 18.2 Å². The van der Waals surface area contributed by atoms with Gasteiger partial charge in [0.1, 0.15) is 6.61 Å². The Morgan fingerprint density at radius 2 is 2.00 bits per heavy atom. The van der Waals surface area contributed by atoms with Crippen molar-refractivity contribution in [2.45, 2.75) is 6.92 Å². The lowest BCUT2D eigenvalue weighted by atomic mass is 10.1. The van der Waals surface area contributed by atoms with Gasteiger partial charge in [0.2, 0.25) is 5.91 Å². The molecule has 5 heteroatoms. The van der Waals surface area contributed by atoms with Gasteiger partial charge in [0, 0.05) is 17.8 Å². The summed E-state index contributed by atoms with van der Waals surface area (Å²) in [7, 11) is 0. The number of ether oxygens (including phenoxy) is 1. The van der Waals surface area contributed by atoms with Crippen molar-refractivity contribution in [3.8, 4) is 5.75 Å². The van der Waals surface area contributed by atoms with E-state index in [1.807, 2.05) is 13.0 Å². The Morgan fingerprint density at radius 3 is 2.71 bits per heavy atom. The van der Waals surface area contributed by atoms with Gasteiger partial charge >= 0.3 is 0 Å². The molecule has 1 amide bonds. The third kappa shape index (κ3) is 3.72. The highest BCUT2D eigenvalue weighted by atomic mass is 19.1. The Balaban J connectivity index is 1.91. The molecule has 110 valence electrons. The summed E-state index contributed by atoms with van der Waals surface area (Å²) in [6.45, 7) is 2.61. The number of nitrogens with two attached hydrogens (primary N) is 1. The van der Waals surface area contributed by atoms with Gasteiger partial charge in [0.25, 0.3) is 0 Å². The fraction of sp³-hybridized carbons (Fsp3) is 0.188. The van der Waals surface area contributed by atoms with Crippen LogP contribution in [0, 0.1) is 12.7 Å². The lowest BCUT2D eigenvalue weighted by molar-refractivity contribution is 0.1000. The normalized spacial score (nSPS) is 10.2. The highest BCUT2D eigenvalue weighted by molar-refractivity contribution is 5.95. The number of nitrogens with one attached hydrogen (secondary N) is 1.